The van der Waals surface area contributed by atoms with E-state index in [4.69, 9.17) is 0 Å². The quantitative estimate of drug-likeness (QED) is 0.433. The van der Waals surface area contributed by atoms with Gasteiger partial charge in [0.05, 0.1) is 0 Å². The lowest BCUT2D eigenvalue weighted by Gasteiger charge is -2.08. The zero-order chi connectivity index (χ0) is 9.56. The molecule has 68 valence electrons. The van der Waals surface area contributed by atoms with Gasteiger partial charge >= 0.3 is 0 Å². The third kappa shape index (κ3) is 4.98. The second kappa shape index (κ2) is 5.85. The van der Waals surface area contributed by atoms with Gasteiger partial charge in [0.15, 0.2) is 0 Å². The lowest BCUT2D eigenvalue weighted by molar-refractivity contribution is 0.672. The van der Waals surface area contributed by atoms with E-state index in [0.29, 0.717) is 5.92 Å². The Labute approximate surface area is 76.7 Å². The molecule has 0 nitrogen and oxygen atoms in total. The number of allylic oxidation sites excluding steroid dienone is 2. The Hall–Kier alpha value is -0.740. The van der Waals surface area contributed by atoms with Crippen molar-refractivity contribution in [2.45, 2.75) is 40.5 Å². The Kier molecular flexibility index (Phi) is 5.49. The van der Waals surface area contributed by atoms with Gasteiger partial charge in [-0.3, -0.25) is 0 Å². The Morgan fingerprint density at radius 3 is 2.50 bits per heavy atom. The van der Waals surface area contributed by atoms with Gasteiger partial charge in [0, 0.05) is 0 Å². The van der Waals surface area contributed by atoms with Crippen LogP contribution in [0.3, 0.4) is 0 Å². The van der Waals surface area contributed by atoms with E-state index < -0.39 is 0 Å². The topological polar surface area (TPSA) is 0 Å². The molecule has 0 bridgehead atoms. The first-order chi connectivity index (χ1) is 5.57. The summed E-state index contributed by atoms with van der Waals surface area (Å²) in [5.41, 5.74) is 5.78. The molecule has 1 unspecified atom stereocenters. The smallest absolute Gasteiger partial charge is 0.0194 e. The van der Waals surface area contributed by atoms with Crippen LogP contribution >= 0.6 is 0 Å². The minimum atomic E-state index is 0.599. The molecule has 0 aromatic rings. The summed E-state index contributed by atoms with van der Waals surface area (Å²) in [4.78, 5) is 0. The van der Waals surface area contributed by atoms with Crippen molar-refractivity contribution in [3.8, 4) is 0 Å². The maximum atomic E-state index is 4.02. The molecule has 0 aliphatic heterocycles. The first-order valence-corrected chi connectivity index (χ1v) is 4.64. The maximum Gasteiger partial charge on any atom is -0.0194 e. The highest BCUT2D eigenvalue weighted by molar-refractivity contribution is 5.02. The van der Waals surface area contributed by atoms with Crippen LogP contribution in [-0.2, 0) is 0 Å². The average Bonchev–Trinajstić information content (AvgIpc) is 2.02. The monoisotopic (exact) mass is 164 g/mol. The molecular formula is C12H20. The van der Waals surface area contributed by atoms with Gasteiger partial charge in [-0.1, -0.05) is 26.0 Å². The van der Waals surface area contributed by atoms with Crippen molar-refractivity contribution in [3.05, 3.63) is 29.5 Å². The van der Waals surface area contributed by atoms with Crippen LogP contribution in [-0.4, -0.2) is 0 Å². The lowest BCUT2D eigenvalue weighted by atomic mass is 9.97. The third-order valence-corrected chi connectivity index (χ3v) is 2.01. The summed E-state index contributed by atoms with van der Waals surface area (Å²) < 4.78 is 0. The fraction of sp³-hybridized carbons (Fsp3) is 0.583. The van der Waals surface area contributed by atoms with Gasteiger partial charge < -0.3 is 0 Å². The minimum Gasteiger partial charge on any atom is -0.127 e. The van der Waals surface area contributed by atoms with Crippen molar-refractivity contribution >= 4 is 0 Å². The third-order valence-electron chi connectivity index (χ3n) is 2.01. The van der Waals surface area contributed by atoms with E-state index in [-0.39, 0.29) is 0 Å². The maximum absolute atomic E-state index is 4.02. The van der Waals surface area contributed by atoms with Crippen LogP contribution in [0.1, 0.15) is 40.5 Å². The molecule has 0 heterocycles. The molecule has 0 fully saturated rings. The van der Waals surface area contributed by atoms with Gasteiger partial charge in [0.2, 0.25) is 0 Å². The Morgan fingerprint density at radius 2 is 2.08 bits per heavy atom. The average molecular weight is 164 g/mol. The summed E-state index contributed by atoms with van der Waals surface area (Å²) in [6.45, 7) is 12.5. The summed E-state index contributed by atoms with van der Waals surface area (Å²) in [5.74, 6) is 0.599. The predicted molar refractivity (Wildman–Crippen MR) is 56.2 cm³/mol. The van der Waals surface area contributed by atoms with Crippen LogP contribution in [0.15, 0.2) is 29.5 Å². The van der Waals surface area contributed by atoms with E-state index in [1.54, 1.807) is 0 Å². The summed E-state index contributed by atoms with van der Waals surface area (Å²) >= 11 is 0. The first kappa shape index (κ1) is 11.3. The van der Waals surface area contributed by atoms with Gasteiger partial charge in [0.1, 0.15) is 0 Å². The van der Waals surface area contributed by atoms with Crippen LogP contribution in [0.5, 0.6) is 0 Å². The summed E-state index contributed by atoms with van der Waals surface area (Å²) in [5, 5.41) is 0. The molecule has 0 saturated carbocycles. The van der Waals surface area contributed by atoms with Crippen LogP contribution < -0.4 is 0 Å². The molecule has 0 spiro atoms. The largest absolute Gasteiger partial charge is 0.127 e. The van der Waals surface area contributed by atoms with Crippen molar-refractivity contribution in [2.75, 3.05) is 0 Å². The van der Waals surface area contributed by atoms with Gasteiger partial charge in [-0.05, 0) is 44.3 Å². The fourth-order valence-corrected chi connectivity index (χ4v) is 0.955. The van der Waals surface area contributed by atoms with Crippen molar-refractivity contribution in [2.24, 2.45) is 5.92 Å². The second-order valence-electron chi connectivity index (χ2n) is 3.50. The van der Waals surface area contributed by atoms with Crippen molar-refractivity contribution in [1.29, 1.82) is 0 Å². The van der Waals surface area contributed by atoms with Crippen molar-refractivity contribution < 1.29 is 0 Å². The zero-order valence-corrected chi connectivity index (χ0v) is 8.78. The Bertz CT molecular complexity index is 198. The van der Waals surface area contributed by atoms with Gasteiger partial charge in [0.25, 0.3) is 0 Å². The first-order valence-electron chi connectivity index (χ1n) is 4.64. The normalized spacial score (nSPS) is 11.7. The fourth-order valence-electron chi connectivity index (χ4n) is 0.955. The molecule has 0 aliphatic carbocycles. The summed E-state index contributed by atoms with van der Waals surface area (Å²) in [6.07, 6.45) is 4.27. The van der Waals surface area contributed by atoms with E-state index in [1.807, 2.05) is 0 Å². The van der Waals surface area contributed by atoms with Crippen molar-refractivity contribution in [1.82, 2.24) is 0 Å². The van der Waals surface area contributed by atoms with Gasteiger partial charge in [-0.15, -0.1) is 5.73 Å². The lowest BCUT2D eigenvalue weighted by Crippen LogP contribution is -1.94. The molecule has 0 aromatic carbocycles. The van der Waals surface area contributed by atoms with Crippen LogP contribution in [0.25, 0.3) is 0 Å². The molecule has 0 aromatic heterocycles. The molecule has 0 rings (SSSR count). The number of hydrogen-bond acceptors (Lipinski definition) is 0. The standard InChI is InChI=1S/C12H20/c1-6-11(4)12(5)9-7-8-10(2)3/h7,12H,4,6,9H2,1-3,5H3. The zero-order valence-electron chi connectivity index (χ0n) is 8.78. The van der Waals surface area contributed by atoms with E-state index in [1.165, 1.54) is 11.1 Å². The summed E-state index contributed by atoms with van der Waals surface area (Å²) in [6, 6.07) is 0. The van der Waals surface area contributed by atoms with E-state index in [9.17, 15) is 0 Å². The van der Waals surface area contributed by atoms with Crippen LogP contribution in [0, 0.1) is 5.92 Å². The molecule has 0 aliphatic rings. The Balaban J connectivity index is 3.95. The van der Waals surface area contributed by atoms with Crippen LogP contribution in [0.4, 0.5) is 0 Å². The second-order valence-corrected chi connectivity index (χ2v) is 3.50. The Morgan fingerprint density at radius 1 is 1.50 bits per heavy atom. The van der Waals surface area contributed by atoms with E-state index in [0.717, 1.165) is 12.8 Å². The van der Waals surface area contributed by atoms with Gasteiger partial charge in [-0.25, -0.2) is 0 Å². The van der Waals surface area contributed by atoms with Crippen molar-refractivity contribution in [3.63, 3.8) is 0 Å². The molecular weight excluding hydrogens is 144 g/mol. The molecule has 0 N–H and O–H groups in total. The van der Waals surface area contributed by atoms with Gasteiger partial charge in [-0.2, -0.15) is 0 Å². The number of hydrogen-bond donors (Lipinski definition) is 0. The molecule has 1 atom stereocenters. The highest BCUT2D eigenvalue weighted by atomic mass is 14.1. The molecule has 0 heteroatoms. The highest BCUT2D eigenvalue weighted by Crippen LogP contribution is 2.15. The van der Waals surface area contributed by atoms with E-state index in [2.05, 4.69) is 46.1 Å². The minimum absolute atomic E-state index is 0.599. The van der Waals surface area contributed by atoms with E-state index >= 15 is 0 Å². The van der Waals surface area contributed by atoms with Crippen LogP contribution in [0.2, 0.25) is 0 Å². The summed E-state index contributed by atoms with van der Waals surface area (Å²) in [7, 11) is 0. The molecule has 12 heavy (non-hydrogen) atoms. The predicted octanol–water partition coefficient (Wildman–Crippen LogP) is 4.10. The SMILES string of the molecule is C=C(CC)C(C)CC=C=C(C)C. The molecule has 0 amide bonds. The molecule has 0 saturated heterocycles. The molecule has 0 radical (unpaired) electrons. The number of rotatable bonds is 4. The highest BCUT2D eigenvalue weighted by Gasteiger charge is 2.00.